The van der Waals surface area contributed by atoms with E-state index >= 15 is 0 Å². The lowest BCUT2D eigenvalue weighted by Gasteiger charge is -2.11. The smallest absolute Gasteiger partial charge is 0.237 e. The highest BCUT2D eigenvalue weighted by atomic mass is 16.2. The van der Waals surface area contributed by atoms with Gasteiger partial charge in [0.05, 0.1) is 24.6 Å². The number of hydrogen-bond acceptors (Lipinski definition) is 3. The Labute approximate surface area is 105 Å². The predicted octanol–water partition coefficient (Wildman–Crippen LogP) is 0.596. The molecule has 2 rings (SSSR count). The average molecular weight is 244 g/mol. The summed E-state index contributed by atoms with van der Waals surface area (Å²) in [7, 11) is 0. The van der Waals surface area contributed by atoms with Crippen molar-refractivity contribution in [2.24, 2.45) is 5.73 Å². The molecule has 0 spiro atoms. The van der Waals surface area contributed by atoms with Crippen molar-refractivity contribution in [2.45, 2.75) is 19.0 Å². The Hall–Kier alpha value is -2.14. The molecule has 5 nitrogen and oxygen atoms in total. The van der Waals surface area contributed by atoms with E-state index in [1.165, 1.54) is 0 Å². The van der Waals surface area contributed by atoms with E-state index in [9.17, 15) is 4.79 Å². The first-order valence-corrected chi connectivity index (χ1v) is 5.80. The summed E-state index contributed by atoms with van der Waals surface area (Å²) in [6, 6.07) is 9.20. The minimum Gasteiger partial charge on any atom is -0.349 e. The zero-order chi connectivity index (χ0) is 12.8. The van der Waals surface area contributed by atoms with Crippen molar-refractivity contribution in [3.63, 3.8) is 0 Å². The molecule has 0 saturated carbocycles. The third kappa shape index (κ3) is 3.43. The number of rotatable bonds is 5. The first kappa shape index (κ1) is 12.3. The molecule has 4 N–H and O–H groups in total. The van der Waals surface area contributed by atoms with Crippen molar-refractivity contribution in [3.8, 4) is 0 Å². The summed E-state index contributed by atoms with van der Waals surface area (Å²) in [4.78, 5) is 18.6. The second kappa shape index (κ2) is 5.97. The predicted molar refractivity (Wildman–Crippen MR) is 68.6 cm³/mol. The number of aromatic nitrogens is 2. The molecule has 1 amide bonds. The van der Waals surface area contributed by atoms with Crippen molar-refractivity contribution in [1.82, 2.24) is 15.3 Å². The van der Waals surface area contributed by atoms with Crippen molar-refractivity contribution in [1.29, 1.82) is 0 Å². The van der Waals surface area contributed by atoms with E-state index in [0.29, 0.717) is 13.0 Å². The normalized spacial score (nSPS) is 12.1. The lowest BCUT2D eigenvalue weighted by Crippen LogP contribution is -2.41. The minimum absolute atomic E-state index is 0.159. The first-order chi connectivity index (χ1) is 8.75. The number of imidazole rings is 1. The molecular formula is C13H16N4O. The molecule has 5 heteroatoms. The van der Waals surface area contributed by atoms with Gasteiger partial charge in [-0.25, -0.2) is 4.98 Å². The highest BCUT2D eigenvalue weighted by molar-refractivity contribution is 5.81. The van der Waals surface area contributed by atoms with E-state index in [0.717, 1.165) is 11.3 Å². The molecule has 1 heterocycles. The quantitative estimate of drug-likeness (QED) is 0.720. The van der Waals surface area contributed by atoms with Gasteiger partial charge in [0.2, 0.25) is 5.91 Å². The van der Waals surface area contributed by atoms with Gasteiger partial charge in [-0.1, -0.05) is 30.3 Å². The van der Waals surface area contributed by atoms with Crippen molar-refractivity contribution in [3.05, 3.63) is 54.1 Å². The molecule has 0 bridgehead atoms. The number of aromatic amines is 1. The van der Waals surface area contributed by atoms with E-state index < -0.39 is 6.04 Å². The average Bonchev–Trinajstić information content (AvgIpc) is 2.90. The molecule has 2 aromatic rings. The monoisotopic (exact) mass is 244 g/mol. The fraction of sp³-hybridized carbons (Fsp3) is 0.231. The number of carbonyl (C=O) groups excluding carboxylic acids is 1. The molecule has 0 saturated heterocycles. The fourth-order valence-corrected chi connectivity index (χ4v) is 1.66. The van der Waals surface area contributed by atoms with Crippen LogP contribution in [0.1, 0.15) is 11.3 Å². The van der Waals surface area contributed by atoms with Gasteiger partial charge in [0, 0.05) is 6.20 Å². The zero-order valence-corrected chi connectivity index (χ0v) is 9.97. The number of nitrogens with one attached hydrogen (secondary N) is 2. The maximum Gasteiger partial charge on any atom is 0.237 e. The summed E-state index contributed by atoms with van der Waals surface area (Å²) in [5.74, 6) is -0.159. The lowest BCUT2D eigenvalue weighted by atomic mass is 10.1. The number of carbonyl (C=O) groups is 1. The molecule has 18 heavy (non-hydrogen) atoms. The third-order valence-electron chi connectivity index (χ3n) is 2.64. The molecule has 1 aromatic heterocycles. The maximum atomic E-state index is 11.8. The summed E-state index contributed by atoms with van der Waals surface area (Å²) < 4.78 is 0. The summed E-state index contributed by atoms with van der Waals surface area (Å²) in [6.45, 7) is 0.418. The number of nitrogens with two attached hydrogens (primary N) is 1. The fourth-order valence-electron chi connectivity index (χ4n) is 1.66. The summed E-state index contributed by atoms with van der Waals surface area (Å²) >= 11 is 0. The van der Waals surface area contributed by atoms with E-state index in [1.807, 2.05) is 30.3 Å². The summed E-state index contributed by atoms with van der Waals surface area (Å²) in [5, 5.41) is 2.77. The Morgan fingerprint density at radius 1 is 1.39 bits per heavy atom. The van der Waals surface area contributed by atoms with Crippen LogP contribution in [0.25, 0.3) is 0 Å². The Morgan fingerprint density at radius 3 is 2.83 bits per heavy atom. The van der Waals surface area contributed by atoms with Gasteiger partial charge in [-0.05, 0) is 12.0 Å². The Morgan fingerprint density at radius 2 is 2.17 bits per heavy atom. The van der Waals surface area contributed by atoms with E-state index in [1.54, 1.807) is 12.5 Å². The van der Waals surface area contributed by atoms with E-state index in [4.69, 9.17) is 5.73 Å². The summed E-state index contributed by atoms with van der Waals surface area (Å²) in [6.07, 6.45) is 3.78. The van der Waals surface area contributed by atoms with Crippen LogP contribution in [-0.2, 0) is 17.8 Å². The highest BCUT2D eigenvalue weighted by Gasteiger charge is 2.13. The van der Waals surface area contributed by atoms with Crippen LogP contribution in [0.5, 0.6) is 0 Å². The van der Waals surface area contributed by atoms with Crippen molar-refractivity contribution < 1.29 is 4.79 Å². The van der Waals surface area contributed by atoms with Crippen LogP contribution >= 0.6 is 0 Å². The van der Waals surface area contributed by atoms with Gasteiger partial charge < -0.3 is 16.0 Å². The van der Waals surface area contributed by atoms with Crippen LogP contribution in [0.3, 0.4) is 0 Å². The molecule has 0 aliphatic rings. The Bertz CT molecular complexity index is 481. The molecule has 0 radical (unpaired) electrons. The molecule has 94 valence electrons. The van der Waals surface area contributed by atoms with Gasteiger partial charge in [0.15, 0.2) is 0 Å². The van der Waals surface area contributed by atoms with Crippen LogP contribution in [-0.4, -0.2) is 21.9 Å². The minimum atomic E-state index is -0.532. The summed E-state index contributed by atoms with van der Waals surface area (Å²) in [5.41, 5.74) is 7.76. The Kier molecular flexibility index (Phi) is 4.09. The molecule has 1 aromatic carbocycles. The van der Waals surface area contributed by atoms with Gasteiger partial charge in [-0.3, -0.25) is 4.79 Å². The van der Waals surface area contributed by atoms with Crippen LogP contribution in [0.4, 0.5) is 0 Å². The second-order valence-corrected chi connectivity index (χ2v) is 4.09. The molecule has 1 atom stereocenters. The van der Waals surface area contributed by atoms with Crippen LogP contribution in [0.15, 0.2) is 42.9 Å². The van der Waals surface area contributed by atoms with Crippen molar-refractivity contribution >= 4 is 5.91 Å². The number of H-pyrrole nitrogens is 1. The molecule has 0 unspecified atom stereocenters. The standard InChI is InChI=1S/C13H16N4O/c14-12(6-10-4-2-1-3-5-10)13(18)16-8-11-7-15-9-17-11/h1-5,7,9,12H,6,8,14H2,(H,15,17)(H,16,18)/t12-/m1/s1. The molecule has 0 aliphatic heterocycles. The number of hydrogen-bond donors (Lipinski definition) is 3. The number of benzene rings is 1. The van der Waals surface area contributed by atoms with Crippen LogP contribution in [0.2, 0.25) is 0 Å². The maximum absolute atomic E-state index is 11.8. The van der Waals surface area contributed by atoms with Crippen LogP contribution in [0, 0.1) is 0 Å². The molecule has 0 aliphatic carbocycles. The second-order valence-electron chi connectivity index (χ2n) is 4.09. The van der Waals surface area contributed by atoms with Gasteiger partial charge in [-0.2, -0.15) is 0 Å². The third-order valence-corrected chi connectivity index (χ3v) is 2.64. The largest absolute Gasteiger partial charge is 0.349 e. The molecule has 0 fully saturated rings. The lowest BCUT2D eigenvalue weighted by molar-refractivity contribution is -0.122. The van der Waals surface area contributed by atoms with Crippen LogP contribution < -0.4 is 11.1 Å². The topological polar surface area (TPSA) is 83.8 Å². The van der Waals surface area contributed by atoms with Crippen molar-refractivity contribution in [2.75, 3.05) is 0 Å². The highest BCUT2D eigenvalue weighted by Crippen LogP contribution is 2.02. The van der Waals surface area contributed by atoms with E-state index in [2.05, 4.69) is 15.3 Å². The van der Waals surface area contributed by atoms with Gasteiger partial charge >= 0.3 is 0 Å². The number of nitrogens with zero attached hydrogens (tertiary/aromatic N) is 1. The SMILES string of the molecule is N[C@H](Cc1ccccc1)C(=O)NCc1cnc[nH]1. The molecular weight excluding hydrogens is 228 g/mol. The van der Waals surface area contributed by atoms with Gasteiger partial charge in [0.25, 0.3) is 0 Å². The Balaban J connectivity index is 1.82. The van der Waals surface area contributed by atoms with Gasteiger partial charge in [0.1, 0.15) is 0 Å². The first-order valence-electron chi connectivity index (χ1n) is 5.80. The van der Waals surface area contributed by atoms with Gasteiger partial charge in [-0.15, -0.1) is 0 Å². The number of amides is 1. The zero-order valence-electron chi connectivity index (χ0n) is 9.97. The van der Waals surface area contributed by atoms with E-state index in [-0.39, 0.29) is 5.91 Å².